The summed E-state index contributed by atoms with van der Waals surface area (Å²) < 4.78 is 4.68. The van der Waals surface area contributed by atoms with Crippen molar-refractivity contribution in [3.05, 3.63) is 23.9 Å². The first-order chi connectivity index (χ1) is 9.24. The van der Waals surface area contributed by atoms with Crippen LogP contribution in [-0.2, 0) is 4.74 Å². The molecule has 0 bridgehead atoms. The van der Waals surface area contributed by atoms with Gasteiger partial charge in [-0.2, -0.15) is 0 Å². The zero-order valence-corrected chi connectivity index (χ0v) is 11.1. The number of carbonyl (C=O) groups is 1. The van der Waals surface area contributed by atoms with Crippen LogP contribution in [0.15, 0.2) is 18.3 Å². The minimum atomic E-state index is -0.362. The van der Waals surface area contributed by atoms with Crippen LogP contribution in [0.4, 0.5) is 5.82 Å². The fraction of sp³-hybridized carbons (Fsp3) is 0.571. The zero-order valence-electron chi connectivity index (χ0n) is 11.1. The molecule has 1 aliphatic carbocycles. The summed E-state index contributed by atoms with van der Waals surface area (Å²) >= 11 is 0. The van der Waals surface area contributed by atoms with E-state index in [1.807, 2.05) is 0 Å². The van der Waals surface area contributed by atoms with Crippen molar-refractivity contribution >= 4 is 11.8 Å². The molecule has 5 heteroatoms. The third-order valence-electron chi connectivity index (χ3n) is 3.78. The Bertz CT molecular complexity index is 436. The number of aromatic nitrogens is 1. The number of anilines is 1. The predicted molar refractivity (Wildman–Crippen MR) is 72.0 cm³/mol. The van der Waals surface area contributed by atoms with Crippen molar-refractivity contribution in [2.24, 2.45) is 11.8 Å². The van der Waals surface area contributed by atoms with Crippen LogP contribution >= 0.6 is 0 Å². The van der Waals surface area contributed by atoms with E-state index in [2.05, 4.69) is 15.0 Å². The van der Waals surface area contributed by atoms with Gasteiger partial charge >= 0.3 is 5.97 Å². The van der Waals surface area contributed by atoms with E-state index < -0.39 is 0 Å². The molecule has 0 amide bonds. The summed E-state index contributed by atoms with van der Waals surface area (Å²) in [6.45, 7) is 1.03. The standard InChI is InChI=1S/C14H20N2O3/c1-19-14(18)10-5-6-15-13(7-10)16-8-11-3-2-4-12(11)9-17/h5-7,11-12,17H,2-4,8-9H2,1H3,(H,15,16). The van der Waals surface area contributed by atoms with E-state index in [0.717, 1.165) is 19.4 Å². The minimum absolute atomic E-state index is 0.252. The number of aliphatic hydroxyl groups is 1. The van der Waals surface area contributed by atoms with Crippen molar-refractivity contribution in [3.8, 4) is 0 Å². The molecule has 0 radical (unpaired) electrons. The highest BCUT2D eigenvalue weighted by Crippen LogP contribution is 2.31. The Labute approximate surface area is 113 Å². The number of rotatable bonds is 5. The quantitative estimate of drug-likeness (QED) is 0.792. The summed E-state index contributed by atoms with van der Waals surface area (Å²) in [5.74, 6) is 1.18. The third-order valence-corrected chi connectivity index (χ3v) is 3.78. The highest BCUT2D eigenvalue weighted by atomic mass is 16.5. The molecule has 1 aliphatic rings. The molecule has 0 aromatic carbocycles. The van der Waals surface area contributed by atoms with Crippen molar-refractivity contribution in [2.45, 2.75) is 19.3 Å². The van der Waals surface area contributed by atoms with Crippen molar-refractivity contribution < 1.29 is 14.6 Å². The largest absolute Gasteiger partial charge is 0.465 e. The fourth-order valence-electron chi connectivity index (χ4n) is 2.63. The lowest BCUT2D eigenvalue weighted by Gasteiger charge is -2.18. The SMILES string of the molecule is COC(=O)c1ccnc(NCC2CCCC2CO)c1. The van der Waals surface area contributed by atoms with E-state index in [1.165, 1.54) is 13.5 Å². The summed E-state index contributed by atoms with van der Waals surface area (Å²) in [6.07, 6.45) is 4.99. The van der Waals surface area contributed by atoms with Gasteiger partial charge in [0.05, 0.1) is 12.7 Å². The van der Waals surface area contributed by atoms with Crippen LogP contribution in [-0.4, -0.2) is 36.3 Å². The zero-order chi connectivity index (χ0) is 13.7. The van der Waals surface area contributed by atoms with Crippen LogP contribution in [0, 0.1) is 11.8 Å². The van der Waals surface area contributed by atoms with E-state index in [0.29, 0.717) is 23.2 Å². The van der Waals surface area contributed by atoms with Crippen LogP contribution < -0.4 is 5.32 Å². The second-order valence-electron chi connectivity index (χ2n) is 4.94. The number of carbonyl (C=O) groups excluding carboxylic acids is 1. The maximum atomic E-state index is 11.4. The lowest BCUT2D eigenvalue weighted by molar-refractivity contribution is 0.0600. The second kappa shape index (κ2) is 6.52. The summed E-state index contributed by atoms with van der Waals surface area (Å²) in [5.41, 5.74) is 0.491. The number of methoxy groups -OCH3 is 1. The molecule has 0 saturated heterocycles. The van der Waals surface area contributed by atoms with Crippen molar-refractivity contribution in [1.29, 1.82) is 0 Å². The Hall–Kier alpha value is -1.62. The Kier molecular flexibility index (Phi) is 4.74. The smallest absolute Gasteiger partial charge is 0.338 e. The molecular formula is C14H20N2O3. The van der Waals surface area contributed by atoms with Gasteiger partial charge in [-0.1, -0.05) is 6.42 Å². The highest BCUT2D eigenvalue weighted by molar-refractivity contribution is 5.89. The molecule has 1 aromatic rings. The number of aliphatic hydroxyl groups excluding tert-OH is 1. The number of nitrogens with one attached hydrogen (secondary N) is 1. The van der Waals surface area contributed by atoms with Gasteiger partial charge in [-0.25, -0.2) is 9.78 Å². The van der Waals surface area contributed by atoms with E-state index in [1.54, 1.807) is 18.3 Å². The van der Waals surface area contributed by atoms with Crippen LogP contribution in [0.2, 0.25) is 0 Å². The van der Waals surface area contributed by atoms with Gasteiger partial charge in [-0.3, -0.25) is 0 Å². The maximum absolute atomic E-state index is 11.4. The van der Waals surface area contributed by atoms with Crippen LogP contribution in [0.1, 0.15) is 29.6 Å². The van der Waals surface area contributed by atoms with Gasteiger partial charge < -0.3 is 15.2 Å². The van der Waals surface area contributed by atoms with Crippen molar-refractivity contribution in [2.75, 3.05) is 25.6 Å². The topological polar surface area (TPSA) is 71.5 Å². The number of hydrogen-bond acceptors (Lipinski definition) is 5. The van der Waals surface area contributed by atoms with Gasteiger partial charge in [0, 0.05) is 19.3 Å². The Morgan fingerprint density at radius 2 is 2.32 bits per heavy atom. The van der Waals surface area contributed by atoms with E-state index in [-0.39, 0.29) is 12.6 Å². The van der Waals surface area contributed by atoms with Gasteiger partial charge in [-0.05, 0) is 36.8 Å². The molecule has 5 nitrogen and oxygen atoms in total. The van der Waals surface area contributed by atoms with E-state index in [9.17, 15) is 9.90 Å². The Balaban J connectivity index is 1.94. The van der Waals surface area contributed by atoms with Gasteiger partial charge in [0.15, 0.2) is 0 Å². The number of esters is 1. The first kappa shape index (κ1) is 13.8. The van der Waals surface area contributed by atoms with Gasteiger partial charge in [0.2, 0.25) is 0 Å². The minimum Gasteiger partial charge on any atom is -0.465 e. The second-order valence-corrected chi connectivity index (χ2v) is 4.94. The predicted octanol–water partition coefficient (Wildman–Crippen LogP) is 1.69. The third kappa shape index (κ3) is 3.44. The van der Waals surface area contributed by atoms with Crippen LogP contribution in [0.25, 0.3) is 0 Å². The molecule has 1 heterocycles. The van der Waals surface area contributed by atoms with Gasteiger partial charge in [0.25, 0.3) is 0 Å². The molecule has 2 rings (SSSR count). The normalized spacial score (nSPS) is 22.2. The lowest BCUT2D eigenvalue weighted by atomic mass is 9.97. The molecule has 19 heavy (non-hydrogen) atoms. The average Bonchev–Trinajstić information content (AvgIpc) is 2.92. The molecule has 2 atom stereocenters. The average molecular weight is 264 g/mol. The summed E-state index contributed by atoms with van der Waals surface area (Å²) in [5, 5.41) is 12.5. The summed E-state index contributed by atoms with van der Waals surface area (Å²) in [7, 11) is 1.36. The van der Waals surface area contributed by atoms with E-state index in [4.69, 9.17) is 0 Å². The molecule has 2 unspecified atom stereocenters. The molecule has 104 valence electrons. The number of hydrogen-bond donors (Lipinski definition) is 2. The number of nitrogens with zero attached hydrogens (tertiary/aromatic N) is 1. The Morgan fingerprint density at radius 3 is 3.05 bits per heavy atom. The highest BCUT2D eigenvalue weighted by Gasteiger charge is 2.26. The van der Waals surface area contributed by atoms with Crippen LogP contribution in [0.5, 0.6) is 0 Å². The van der Waals surface area contributed by atoms with Crippen molar-refractivity contribution in [1.82, 2.24) is 4.98 Å². The van der Waals surface area contributed by atoms with Crippen molar-refractivity contribution in [3.63, 3.8) is 0 Å². The maximum Gasteiger partial charge on any atom is 0.338 e. The van der Waals surface area contributed by atoms with Gasteiger partial charge in [0.1, 0.15) is 5.82 Å². The first-order valence-electron chi connectivity index (χ1n) is 6.63. The monoisotopic (exact) mass is 264 g/mol. The van der Waals surface area contributed by atoms with Crippen LogP contribution in [0.3, 0.4) is 0 Å². The Morgan fingerprint density at radius 1 is 1.53 bits per heavy atom. The molecular weight excluding hydrogens is 244 g/mol. The molecule has 2 N–H and O–H groups in total. The number of pyridine rings is 1. The molecule has 1 fully saturated rings. The summed E-state index contributed by atoms with van der Waals surface area (Å²) in [6, 6.07) is 3.32. The lowest BCUT2D eigenvalue weighted by Crippen LogP contribution is -2.21. The molecule has 1 aromatic heterocycles. The molecule has 0 spiro atoms. The van der Waals surface area contributed by atoms with Gasteiger partial charge in [-0.15, -0.1) is 0 Å². The first-order valence-corrected chi connectivity index (χ1v) is 6.63. The number of ether oxygens (including phenoxy) is 1. The molecule has 0 aliphatic heterocycles. The summed E-state index contributed by atoms with van der Waals surface area (Å²) in [4.78, 5) is 15.6. The fourth-order valence-corrected chi connectivity index (χ4v) is 2.63. The molecule has 1 saturated carbocycles. The van der Waals surface area contributed by atoms with E-state index >= 15 is 0 Å².